The summed E-state index contributed by atoms with van der Waals surface area (Å²) < 4.78 is 32.8. The summed E-state index contributed by atoms with van der Waals surface area (Å²) in [5.74, 6) is 0. The maximum Gasteiger partial charge on any atom is 0.241 e. The summed E-state index contributed by atoms with van der Waals surface area (Å²) in [5.41, 5.74) is 0. The average molecular weight is 319 g/mol. The molecule has 8 heteroatoms. The molecule has 1 aromatic rings. The SMILES string of the molecule is CNCc1sccc1S(=O)(=O)NCC1CN(C)CCO1. The largest absolute Gasteiger partial charge is 0.374 e. The molecule has 0 aromatic carbocycles. The minimum absolute atomic E-state index is 0.0880. The number of likely N-dealkylation sites (N-methyl/N-ethyl adjacent to an activating group) is 1. The van der Waals surface area contributed by atoms with Crippen molar-refractivity contribution in [2.75, 3.05) is 40.3 Å². The quantitative estimate of drug-likeness (QED) is 0.777. The Morgan fingerprint density at radius 1 is 1.55 bits per heavy atom. The minimum atomic E-state index is -3.46. The number of ether oxygens (including phenoxy) is 1. The summed E-state index contributed by atoms with van der Waals surface area (Å²) in [4.78, 5) is 3.32. The van der Waals surface area contributed by atoms with E-state index in [2.05, 4.69) is 14.9 Å². The lowest BCUT2D eigenvalue weighted by Crippen LogP contribution is -2.45. The van der Waals surface area contributed by atoms with Gasteiger partial charge in [-0.2, -0.15) is 0 Å². The normalized spacial score (nSPS) is 21.2. The minimum Gasteiger partial charge on any atom is -0.374 e. The second kappa shape index (κ2) is 6.97. The van der Waals surface area contributed by atoms with Gasteiger partial charge in [0.1, 0.15) is 0 Å². The van der Waals surface area contributed by atoms with Crippen LogP contribution in [0.4, 0.5) is 0 Å². The highest BCUT2D eigenvalue weighted by molar-refractivity contribution is 7.89. The van der Waals surface area contributed by atoms with Crippen molar-refractivity contribution in [1.29, 1.82) is 0 Å². The summed E-state index contributed by atoms with van der Waals surface area (Å²) >= 11 is 1.44. The van der Waals surface area contributed by atoms with Gasteiger partial charge in [-0.25, -0.2) is 13.1 Å². The van der Waals surface area contributed by atoms with Crippen LogP contribution in [-0.4, -0.2) is 59.8 Å². The third-order valence-electron chi connectivity index (χ3n) is 3.17. The summed E-state index contributed by atoms with van der Waals surface area (Å²) in [6.45, 7) is 3.14. The molecule has 1 aromatic heterocycles. The zero-order valence-electron chi connectivity index (χ0n) is 11.8. The topological polar surface area (TPSA) is 70.7 Å². The van der Waals surface area contributed by atoms with Gasteiger partial charge in [-0.3, -0.25) is 0 Å². The number of nitrogens with one attached hydrogen (secondary N) is 2. The van der Waals surface area contributed by atoms with E-state index < -0.39 is 10.0 Å². The van der Waals surface area contributed by atoms with Gasteiger partial charge in [0.05, 0.1) is 17.6 Å². The molecule has 0 bridgehead atoms. The molecule has 20 heavy (non-hydrogen) atoms. The fraction of sp³-hybridized carbons (Fsp3) is 0.667. The van der Waals surface area contributed by atoms with Gasteiger partial charge in [-0.1, -0.05) is 0 Å². The lowest BCUT2D eigenvalue weighted by Gasteiger charge is -2.30. The first-order valence-electron chi connectivity index (χ1n) is 6.53. The molecule has 0 aliphatic carbocycles. The van der Waals surface area contributed by atoms with Crippen molar-refractivity contribution in [3.8, 4) is 0 Å². The van der Waals surface area contributed by atoms with E-state index in [1.165, 1.54) is 11.3 Å². The van der Waals surface area contributed by atoms with Crippen LogP contribution in [0.25, 0.3) is 0 Å². The highest BCUT2D eigenvalue weighted by Gasteiger charge is 2.23. The Morgan fingerprint density at radius 3 is 3.05 bits per heavy atom. The molecule has 0 saturated carbocycles. The number of thiophene rings is 1. The van der Waals surface area contributed by atoms with Crippen molar-refractivity contribution in [2.45, 2.75) is 17.5 Å². The van der Waals surface area contributed by atoms with Crippen molar-refractivity contribution in [3.63, 3.8) is 0 Å². The molecule has 1 fully saturated rings. The van der Waals surface area contributed by atoms with Gasteiger partial charge in [-0.05, 0) is 25.5 Å². The standard InChI is InChI=1S/C12H21N3O3S2/c1-13-8-11-12(3-6-19-11)20(16,17)14-7-10-9-15(2)4-5-18-10/h3,6,10,13-14H,4-5,7-9H2,1-2H3. The molecule has 2 rings (SSSR count). The zero-order chi connectivity index (χ0) is 14.6. The molecule has 0 radical (unpaired) electrons. The van der Waals surface area contributed by atoms with E-state index in [0.29, 0.717) is 24.6 Å². The molecular formula is C12H21N3O3S2. The smallest absolute Gasteiger partial charge is 0.241 e. The Kier molecular flexibility index (Phi) is 5.53. The van der Waals surface area contributed by atoms with Crippen LogP contribution in [0.2, 0.25) is 0 Å². The van der Waals surface area contributed by atoms with Gasteiger partial charge in [0.25, 0.3) is 0 Å². The first kappa shape index (κ1) is 15.9. The van der Waals surface area contributed by atoms with E-state index >= 15 is 0 Å². The second-order valence-corrected chi connectivity index (χ2v) is 7.58. The van der Waals surface area contributed by atoms with Gasteiger partial charge in [0, 0.05) is 31.1 Å². The summed E-state index contributed by atoms with van der Waals surface area (Å²) in [7, 11) is 0.344. The Hall–Kier alpha value is -0.510. The first-order chi connectivity index (χ1) is 9.53. The van der Waals surface area contributed by atoms with Crippen molar-refractivity contribution in [3.05, 3.63) is 16.3 Å². The predicted molar refractivity (Wildman–Crippen MR) is 79.5 cm³/mol. The number of rotatable bonds is 6. The van der Waals surface area contributed by atoms with Crippen molar-refractivity contribution >= 4 is 21.4 Å². The predicted octanol–water partition coefficient (Wildman–Crippen LogP) is 0.0764. The average Bonchev–Trinajstić information content (AvgIpc) is 2.86. The van der Waals surface area contributed by atoms with Gasteiger partial charge >= 0.3 is 0 Å². The highest BCUT2D eigenvalue weighted by atomic mass is 32.2. The van der Waals surface area contributed by atoms with Crippen molar-refractivity contribution < 1.29 is 13.2 Å². The molecule has 1 aliphatic rings. The second-order valence-electron chi connectivity index (χ2n) is 4.85. The Morgan fingerprint density at radius 2 is 2.35 bits per heavy atom. The van der Waals surface area contributed by atoms with Crippen LogP contribution in [0.5, 0.6) is 0 Å². The highest BCUT2D eigenvalue weighted by Crippen LogP contribution is 2.21. The third kappa shape index (κ3) is 4.00. The summed E-state index contributed by atoms with van der Waals surface area (Å²) in [5, 5.41) is 4.78. The molecule has 1 atom stereocenters. The van der Waals surface area contributed by atoms with Gasteiger partial charge < -0.3 is 15.0 Å². The van der Waals surface area contributed by atoms with E-state index in [0.717, 1.165) is 18.0 Å². The molecule has 2 N–H and O–H groups in total. The van der Waals surface area contributed by atoms with Crippen molar-refractivity contribution in [2.24, 2.45) is 0 Å². The van der Waals surface area contributed by atoms with Crippen LogP contribution in [0.3, 0.4) is 0 Å². The van der Waals surface area contributed by atoms with Crippen LogP contribution in [0, 0.1) is 0 Å². The Labute approximate surface area is 124 Å². The molecule has 0 amide bonds. The van der Waals surface area contributed by atoms with Crippen LogP contribution in [-0.2, 0) is 21.3 Å². The number of sulfonamides is 1. The Bertz CT molecular complexity index is 530. The molecule has 1 saturated heterocycles. The van der Waals surface area contributed by atoms with E-state index in [1.54, 1.807) is 18.5 Å². The molecule has 6 nitrogen and oxygen atoms in total. The lowest BCUT2D eigenvalue weighted by atomic mass is 10.3. The maximum absolute atomic E-state index is 12.3. The van der Waals surface area contributed by atoms with E-state index in [1.807, 2.05) is 7.05 Å². The van der Waals surface area contributed by atoms with Crippen molar-refractivity contribution in [1.82, 2.24) is 14.9 Å². The van der Waals surface area contributed by atoms with Crippen LogP contribution < -0.4 is 10.0 Å². The van der Waals surface area contributed by atoms with Gasteiger partial charge in [-0.15, -0.1) is 11.3 Å². The summed E-state index contributed by atoms with van der Waals surface area (Å²) in [6, 6.07) is 1.65. The monoisotopic (exact) mass is 319 g/mol. The Balaban J connectivity index is 1.98. The number of morpholine rings is 1. The summed E-state index contributed by atoms with van der Waals surface area (Å²) in [6.07, 6.45) is -0.0880. The van der Waals surface area contributed by atoms with E-state index in [4.69, 9.17) is 4.74 Å². The molecule has 1 aliphatic heterocycles. The zero-order valence-corrected chi connectivity index (χ0v) is 13.4. The molecular weight excluding hydrogens is 298 g/mol. The fourth-order valence-corrected chi connectivity index (χ4v) is 4.65. The van der Waals surface area contributed by atoms with E-state index in [-0.39, 0.29) is 6.10 Å². The molecule has 0 spiro atoms. The third-order valence-corrected chi connectivity index (χ3v) is 5.73. The van der Waals surface area contributed by atoms with Crippen LogP contribution in [0.15, 0.2) is 16.3 Å². The molecule has 1 unspecified atom stereocenters. The lowest BCUT2D eigenvalue weighted by molar-refractivity contribution is -0.0156. The van der Waals surface area contributed by atoms with Gasteiger partial charge in [0.15, 0.2) is 0 Å². The number of hydrogen-bond donors (Lipinski definition) is 2. The molecule has 114 valence electrons. The van der Waals surface area contributed by atoms with Crippen LogP contribution in [0.1, 0.15) is 4.88 Å². The maximum atomic E-state index is 12.3. The van der Waals surface area contributed by atoms with Gasteiger partial charge in [0.2, 0.25) is 10.0 Å². The first-order valence-corrected chi connectivity index (χ1v) is 8.90. The number of nitrogens with zero attached hydrogens (tertiary/aromatic N) is 1. The molecule has 2 heterocycles. The van der Waals surface area contributed by atoms with E-state index in [9.17, 15) is 8.42 Å². The number of hydrogen-bond acceptors (Lipinski definition) is 6. The van der Waals surface area contributed by atoms with Crippen LogP contribution >= 0.6 is 11.3 Å². The fourth-order valence-electron chi connectivity index (χ4n) is 2.13.